The third-order valence-electron chi connectivity index (χ3n) is 3.63. The fourth-order valence-corrected chi connectivity index (χ4v) is 2.87. The topological polar surface area (TPSA) is 100 Å². The van der Waals surface area contributed by atoms with Gasteiger partial charge in [-0.05, 0) is 42.5 Å². The van der Waals surface area contributed by atoms with Crippen molar-refractivity contribution in [2.45, 2.75) is 0 Å². The van der Waals surface area contributed by atoms with Crippen molar-refractivity contribution in [1.29, 1.82) is 0 Å². The lowest BCUT2D eigenvalue weighted by atomic mass is 10.1. The first-order valence-electron chi connectivity index (χ1n) is 8.31. The number of carbonyl (C=O) groups excluding carboxylic acids is 1. The number of pyridine rings is 1. The zero-order valence-electron chi connectivity index (χ0n) is 15.2. The molecule has 0 aliphatic carbocycles. The molecule has 0 saturated heterocycles. The molecule has 3 rings (SSSR count). The molecule has 122 valence electrons. The molecule has 0 amide bonds. The second kappa shape index (κ2) is 6.01. The summed E-state index contributed by atoms with van der Waals surface area (Å²) in [5.74, 6) is -1.31. The minimum atomic E-state index is -3.00. The normalized spacial score (nSPS) is 13.1. The number of methoxy groups -OCH3 is 1. The summed E-state index contributed by atoms with van der Waals surface area (Å²) in [6.07, 6.45) is 0. The first kappa shape index (κ1) is 12.6. The Labute approximate surface area is 150 Å². The number of ether oxygens (including phenoxy) is 1. The van der Waals surface area contributed by atoms with Crippen LogP contribution >= 0.6 is 15.9 Å². The molecule has 1 heterocycles. The number of hydrogen-bond acceptors (Lipinski definition) is 5. The average Bonchev–Trinajstić information content (AvgIpc) is 2.54. The highest BCUT2D eigenvalue weighted by atomic mass is 79.9. The van der Waals surface area contributed by atoms with Gasteiger partial charge in [0.2, 0.25) is 0 Å². The van der Waals surface area contributed by atoms with Crippen LogP contribution in [0.1, 0.15) is 14.5 Å². The lowest BCUT2D eigenvalue weighted by Crippen LogP contribution is -2.28. The number of anilines is 2. The van der Waals surface area contributed by atoms with E-state index >= 15 is 0 Å². The number of rotatable bonds is 2. The lowest BCUT2D eigenvalue weighted by molar-refractivity contribution is 0.0600. The molecule has 24 heavy (non-hydrogen) atoms. The number of nitrogens with zero attached hydrogens (tertiary/aromatic N) is 1. The Morgan fingerprint density at radius 3 is 2.58 bits per heavy atom. The predicted molar refractivity (Wildman–Crippen MR) is 97.4 cm³/mol. The van der Waals surface area contributed by atoms with Crippen molar-refractivity contribution in [3.8, 4) is 5.69 Å². The zero-order valence-corrected chi connectivity index (χ0v) is 13.8. The fourth-order valence-electron chi connectivity index (χ4n) is 2.52. The summed E-state index contributed by atoms with van der Waals surface area (Å²) >= 11 is 3.34. The summed E-state index contributed by atoms with van der Waals surface area (Å²) in [6, 6.07) is 11.4. The number of nitrogen functional groups attached to an aromatic ring is 2. The van der Waals surface area contributed by atoms with Crippen molar-refractivity contribution in [2.75, 3.05) is 18.5 Å². The highest BCUT2D eigenvalue weighted by molar-refractivity contribution is 9.10. The van der Waals surface area contributed by atoms with Gasteiger partial charge < -0.3 is 16.2 Å². The van der Waals surface area contributed by atoms with Crippen LogP contribution in [-0.2, 0) is 4.74 Å². The van der Waals surface area contributed by atoms with Crippen molar-refractivity contribution in [3.05, 3.63) is 62.9 Å². The van der Waals surface area contributed by atoms with Crippen molar-refractivity contribution < 1.29 is 13.6 Å². The van der Waals surface area contributed by atoms with Crippen molar-refractivity contribution in [2.24, 2.45) is 0 Å². The lowest BCUT2D eigenvalue weighted by Gasteiger charge is -2.15. The van der Waals surface area contributed by atoms with E-state index in [9.17, 15) is 9.59 Å². The van der Waals surface area contributed by atoms with Crippen LogP contribution in [0.25, 0.3) is 16.6 Å². The number of carbonyl (C=O) groups is 1. The van der Waals surface area contributed by atoms with Crippen molar-refractivity contribution in [1.82, 2.24) is 4.57 Å². The van der Waals surface area contributed by atoms with Gasteiger partial charge in [-0.25, -0.2) is 4.79 Å². The van der Waals surface area contributed by atoms with E-state index in [1.807, 2.05) is 0 Å². The van der Waals surface area contributed by atoms with Crippen molar-refractivity contribution in [3.63, 3.8) is 0 Å². The number of aromatic nitrogens is 1. The van der Waals surface area contributed by atoms with Gasteiger partial charge in [-0.15, -0.1) is 0 Å². The molecule has 2 aromatic carbocycles. The second-order valence-electron chi connectivity index (χ2n) is 5.07. The van der Waals surface area contributed by atoms with Crippen LogP contribution in [0.5, 0.6) is 0 Å². The molecule has 3 aromatic rings. The van der Waals surface area contributed by atoms with Gasteiger partial charge in [0.25, 0.3) is 5.56 Å². The van der Waals surface area contributed by atoms with Crippen molar-refractivity contribution >= 4 is 44.2 Å². The molecule has 0 spiro atoms. The molecule has 0 aliphatic heterocycles. The Hall–Kier alpha value is -2.80. The molecule has 1 aromatic heterocycles. The van der Waals surface area contributed by atoms with E-state index in [4.69, 9.17) is 15.6 Å². The van der Waals surface area contributed by atoms with Crippen LogP contribution in [-0.4, -0.2) is 17.6 Å². The molecule has 0 saturated carbocycles. The summed E-state index contributed by atoms with van der Waals surface area (Å²) in [6.45, 7) is 0. The molecule has 4 N–H and O–H groups in total. The standard InChI is InChI=1S/C17H14BrN3O3/c1-24-17(23)14-15(20)12-7-2-9(18)8-13(12)21(16(14)22)11-5-3-10(19)4-6-11/h2-8H,19-20H2,1H3/i1D3. The van der Waals surface area contributed by atoms with E-state index in [1.165, 1.54) is 4.57 Å². The molecule has 7 heteroatoms. The quantitative estimate of drug-likeness (QED) is 0.517. The predicted octanol–water partition coefficient (Wildman–Crippen LogP) is 2.70. The van der Waals surface area contributed by atoms with Gasteiger partial charge >= 0.3 is 5.97 Å². The van der Waals surface area contributed by atoms with E-state index in [1.54, 1.807) is 42.5 Å². The third-order valence-corrected chi connectivity index (χ3v) is 4.12. The summed E-state index contributed by atoms with van der Waals surface area (Å²) in [4.78, 5) is 25.4. The number of hydrogen-bond donors (Lipinski definition) is 2. The largest absolute Gasteiger partial charge is 0.465 e. The van der Waals surface area contributed by atoms with Gasteiger partial charge in [-0.1, -0.05) is 15.9 Å². The highest BCUT2D eigenvalue weighted by Gasteiger charge is 2.22. The summed E-state index contributed by atoms with van der Waals surface area (Å²) < 4.78 is 27.7. The van der Waals surface area contributed by atoms with E-state index in [0.717, 1.165) is 0 Å². The van der Waals surface area contributed by atoms with E-state index in [0.29, 0.717) is 26.8 Å². The number of nitrogens with two attached hydrogens (primary N) is 2. The number of fused-ring (bicyclic) bond motifs is 1. The van der Waals surface area contributed by atoms with Gasteiger partial charge in [0.1, 0.15) is 5.56 Å². The SMILES string of the molecule is [2H]C([2H])([2H])OC(=O)c1c(N)c2ccc(Br)cc2n(-c2ccc(N)cc2)c1=O. The maximum atomic E-state index is 13.1. The second-order valence-corrected chi connectivity index (χ2v) is 5.99. The number of esters is 1. The highest BCUT2D eigenvalue weighted by Crippen LogP contribution is 2.28. The van der Waals surface area contributed by atoms with Crippen LogP contribution in [0.15, 0.2) is 51.7 Å². The Balaban J connectivity index is 2.39. The molecule has 0 radical (unpaired) electrons. The maximum absolute atomic E-state index is 13.1. The smallest absolute Gasteiger partial charge is 0.345 e. The number of benzene rings is 2. The fraction of sp³-hybridized carbons (Fsp3) is 0.0588. The Morgan fingerprint density at radius 2 is 1.92 bits per heavy atom. The van der Waals surface area contributed by atoms with Gasteiger partial charge in [0.15, 0.2) is 0 Å². The Bertz CT molecular complexity index is 1110. The monoisotopic (exact) mass is 390 g/mol. The van der Waals surface area contributed by atoms with Gasteiger partial charge in [0, 0.05) is 21.2 Å². The molecular weight excluding hydrogens is 374 g/mol. The molecule has 0 unspecified atom stereocenters. The Kier molecular flexibility index (Phi) is 3.16. The third kappa shape index (κ3) is 2.52. The van der Waals surface area contributed by atoms with E-state index in [-0.39, 0.29) is 5.69 Å². The minimum Gasteiger partial charge on any atom is -0.465 e. The Morgan fingerprint density at radius 1 is 1.21 bits per heavy atom. The molecule has 0 fully saturated rings. The summed E-state index contributed by atoms with van der Waals surface area (Å²) in [5.41, 5.74) is 11.6. The van der Waals surface area contributed by atoms with E-state index < -0.39 is 24.1 Å². The van der Waals surface area contributed by atoms with Crippen LogP contribution in [0.4, 0.5) is 11.4 Å². The minimum absolute atomic E-state index is 0.150. The molecule has 0 aliphatic rings. The first-order chi connectivity index (χ1) is 12.6. The van der Waals surface area contributed by atoms with E-state index in [2.05, 4.69) is 20.7 Å². The molecule has 0 atom stereocenters. The first-order valence-corrected chi connectivity index (χ1v) is 7.61. The summed E-state index contributed by atoms with van der Waals surface area (Å²) in [7, 11) is -3.00. The van der Waals surface area contributed by atoms with Crippen LogP contribution < -0.4 is 17.0 Å². The van der Waals surface area contributed by atoms with Gasteiger partial charge in [-0.3, -0.25) is 9.36 Å². The van der Waals surface area contributed by atoms with Crippen LogP contribution in [0.2, 0.25) is 0 Å². The number of halogens is 1. The van der Waals surface area contributed by atoms with Crippen LogP contribution in [0.3, 0.4) is 0 Å². The molecule has 0 bridgehead atoms. The average molecular weight is 391 g/mol. The maximum Gasteiger partial charge on any atom is 0.345 e. The van der Waals surface area contributed by atoms with Gasteiger partial charge in [0.05, 0.1) is 22.4 Å². The molecular formula is C17H14BrN3O3. The molecule has 6 nitrogen and oxygen atoms in total. The summed E-state index contributed by atoms with van der Waals surface area (Å²) in [5, 5.41) is 0.395. The zero-order chi connectivity index (χ0) is 19.9. The van der Waals surface area contributed by atoms with Crippen LogP contribution in [0, 0.1) is 0 Å². The van der Waals surface area contributed by atoms with Gasteiger partial charge in [-0.2, -0.15) is 0 Å².